The van der Waals surface area contributed by atoms with Crippen LogP contribution in [0.5, 0.6) is 0 Å². The number of hydrogen-bond donors (Lipinski definition) is 1. The Balaban J connectivity index is 2.57. The van der Waals surface area contributed by atoms with E-state index in [1.807, 2.05) is 19.9 Å². The zero-order chi connectivity index (χ0) is 14.4. The van der Waals surface area contributed by atoms with E-state index in [1.165, 1.54) is 18.3 Å². The Kier molecular flexibility index (Phi) is 2.90. The Morgan fingerprint density at radius 1 is 1.30 bits per heavy atom. The lowest BCUT2D eigenvalue weighted by atomic mass is 10.1. The van der Waals surface area contributed by atoms with Crippen LogP contribution in [0.2, 0.25) is 0 Å². The molecule has 0 aromatic carbocycles. The average molecular weight is 288 g/mol. The summed E-state index contributed by atoms with van der Waals surface area (Å²) in [6.45, 7) is 7.24. The van der Waals surface area contributed by atoms with Crippen LogP contribution in [0, 0.1) is 20.8 Å². The topological polar surface area (TPSA) is 70.0 Å². The summed E-state index contributed by atoms with van der Waals surface area (Å²) >= 11 is 1.49. The summed E-state index contributed by atoms with van der Waals surface area (Å²) in [7, 11) is 0. The van der Waals surface area contributed by atoms with Crippen molar-refractivity contribution in [3.8, 4) is 0 Å². The lowest BCUT2D eigenvalue weighted by Gasteiger charge is -1.98. The van der Waals surface area contributed by atoms with Gasteiger partial charge in [-0.05, 0) is 25.5 Å². The van der Waals surface area contributed by atoms with Gasteiger partial charge in [-0.1, -0.05) is 0 Å². The van der Waals surface area contributed by atoms with Gasteiger partial charge in [-0.3, -0.25) is 0 Å². The van der Waals surface area contributed by atoms with Crippen molar-refractivity contribution in [2.24, 2.45) is 0 Å². The van der Waals surface area contributed by atoms with E-state index < -0.39 is 0 Å². The molecule has 0 fully saturated rings. The summed E-state index contributed by atoms with van der Waals surface area (Å²) in [4.78, 5) is 24.0. The highest BCUT2D eigenvalue weighted by atomic mass is 32.1. The smallest absolute Gasteiger partial charge is 0.389 e. The molecule has 5 nitrogen and oxygen atoms in total. The molecule has 1 amide bonds. The molecular weight excluding hydrogens is 274 g/mol. The fourth-order valence-corrected chi connectivity index (χ4v) is 3.47. The first-order valence-electron chi connectivity index (χ1n) is 6.24. The van der Waals surface area contributed by atoms with Crippen LogP contribution in [-0.2, 0) is 4.79 Å². The Bertz CT molecular complexity index is 921. The monoisotopic (exact) mass is 288 g/mol. The van der Waals surface area contributed by atoms with Crippen molar-refractivity contribution in [3.05, 3.63) is 28.8 Å². The molecule has 0 bridgehead atoms. The summed E-state index contributed by atoms with van der Waals surface area (Å²) in [6, 6.07) is 2.04. The molecule has 20 heavy (non-hydrogen) atoms. The molecule has 0 saturated heterocycles. The highest BCUT2D eigenvalue weighted by Gasteiger charge is 2.17. The molecule has 0 aliphatic heterocycles. The Hall–Kier alpha value is -2.08. The third kappa shape index (κ3) is 2.02. The molecule has 3 aromatic heterocycles. The normalized spacial score (nSPS) is 12.5. The summed E-state index contributed by atoms with van der Waals surface area (Å²) in [5, 5.41) is 1.03. The van der Waals surface area contributed by atoms with E-state index in [4.69, 9.17) is 4.42 Å². The van der Waals surface area contributed by atoms with Gasteiger partial charge < -0.3 is 4.42 Å². The maximum absolute atomic E-state index is 11.3. The zero-order valence-corrected chi connectivity index (χ0v) is 12.5. The molecule has 0 spiro atoms. The van der Waals surface area contributed by atoms with Crippen LogP contribution < -0.4 is 10.5 Å². The molecule has 6 heteroatoms. The summed E-state index contributed by atoms with van der Waals surface area (Å²) in [6.07, 6.45) is 0. The van der Waals surface area contributed by atoms with E-state index in [9.17, 15) is 4.79 Å². The lowest BCUT2D eigenvalue weighted by molar-refractivity contribution is -0.426. The highest BCUT2D eigenvalue weighted by Crippen LogP contribution is 2.31. The second-order valence-electron chi connectivity index (χ2n) is 4.78. The van der Waals surface area contributed by atoms with Gasteiger partial charge in [0.1, 0.15) is 10.3 Å². The first-order valence-corrected chi connectivity index (χ1v) is 7.06. The second kappa shape index (κ2) is 4.49. The van der Waals surface area contributed by atoms with Crippen molar-refractivity contribution >= 4 is 37.7 Å². The van der Waals surface area contributed by atoms with Gasteiger partial charge in [0.15, 0.2) is 10.6 Å². The molecule has 0 radical (unpaired) electrons. The van der Waals surface area contributed by atoms with E-state index in [1.54, 1.807) is 6.92 Å². The first kappa shape index (κ1) is 12.9. The third-order valence-corrected chi connectivity index (χ3v) is 4.05. The van der Waals surface area contributed by atoms with Crippen molar-refractivity contribution in [1.82, 2.24) is 9.97 Å². The minimum Gasteiger partial charge on any atom is -0.389 e. The Labute approximate surface area is 119 Å². The average Bonchev–Trinajstić information content (AvgIpc) is 2.66. The van der Waals surface area contributed by atoms with Crippen molar-refractivity contribution in [3.63, 3.8) is 0 Å². The highest BCUT2D eigenvalue weighted by molar-refractivity contribution is 7.25. The number of nitrogens with one attached hydrogen (secondary N) is 1. The third-order valence-electron chi connectivity index (χ3n) is 2.98. The number of amides is 1. The second-order valence-corrected chi connectivity index (χ2v) is 5.78. The van der Waals surface area contributed by atoms with E-state index in [2.05, 4.69) is 15.0 Å². The number of hydrogen-bond acceptors (Lipinski definition) is 5. The molecule has 0 aliphatic rings. The SMILES string of the molecule is CC(=O)[NH+]=c1oc(C)nc2c1sc1nc(C)cc(C)c12. The quantitative estimate of drug-likeness (QED) is 0.667. The number of rotatable bonds is 0. The Morgan fingerprint density at radius 2 is 2.05 bits per heavy atom. The standard InChI is InChI=1S/C14H13N3O2S/c1-6-5-7(2)15-14-10(6)11-12(20-14)13(16-8(3)18)19-9(4)17-11/h5H,1-4H3/p+1. The zero-order valence-electron chi connectivity index (χ0n) is 11.7. The summed E-state index contributed by atoms with van der Waals surface area (Å²) in [5.41, 5.74) is 3.38. The fraction of sp³-hybridized carbons (Fsp3) is 0.286. The van der Waals surface area contributed by atoms with Crippen LogP contribution in [0.3, 0.4) is 0 Å². The molecule has 0 atom stereocenters. The number of thiophene rings is 1. The van der Waals surface area contributed by atoms with Gasteiger partial charge in [0, 0.05) is 18.0 Å². The first-order chi connectivity index (χ1) is 9.45. The van der Waals surface area contributed by atoms with Crippen molar-refractivity contribution < 1.29 is 14.2 Å². The van der Waals surface area contributed by atoms with Crippen molar-refractivity contribution in [1.29, 1.82) is 0 Å². The molecule has 3 aromatic rings. The number of fused-ring (bicyclic) bond motifs is 3. The number of pyridine rings is 1. The van der Waals surface area contributed by atoms with E-state index in [0.717, 1.165) is 31.7 Å². The van der Waals surface area contributed by atoms with Crippen LogP contribution in [0.4, 0.5) is 0 Å². The lowest BCUT2D eigenvalue weighted by Crippen LogP contribution is -2.79. The number of carbonyl (C=O) groups is 1. The van der Waals surface area contributed by atoms with Crippen LogP contribution in [0.1, 0.15) is 24.1 Å². The molecule has 0 aliphatic carbocycles. The molecule has 3 rings (SSSR count). The van der Waals surface area contributed by atoms with Crippen LogP contribution in [-0.4, -0.2) is 15.9 Å². The van der Waals surface area contributed by atoms with E-state index >= 15 is 0 Å². The van der Waals surface area contributed by atoms with Gasteiger partial charge in [0.25, 0.3) is 0 Å². The van der Waals surface area contributed by atoms with Crippen molar-refractivity contribution in [2.75, 3.05) is 0 Å². The number of nitrogens with zero attached hydrogens (tertiary/aromatic N) is 2. The molecule has 0 unspecified atom stereocenters. The van der Waals surface area contributed by atoms with Gasteiger partial charge in [-0.2, -0.15) is 0 Å². The molecule has 102 valence electrons. The van der Waals surface area contributed by atoms with Gasteiger partial charge in [-0.25, -0.2) is 14.8 Å². The van der Waals surface area contributed by atoms with Crippen LogP contribution in [0.25, 0.3) is 20.4 Å². The molecule has 1 N–H and O–H groups in total. The van der Waals surface area contributed by atoms with Crippen molar-refractivity contribution in [2.45, 2.75) is 27.7 Å². The minimum absolute atomic E-state index is 0.168. The Morgan fingerprint density at radius 3 is 2.75 bits per heavy atom. The number of aromatic nitrogens is 2. The number of carbonyl (C=O) groups excluding carboxylic acids is 1. The number of aryl methyl sites for hydroxylation is 3. The van der Waals surface area contributed by atoms with E-state index in [-0.39, 0.29) is 5.91 Å². The van der Waals surface area contributed by atoms with Gasteiger partial charge in [-0.15, -0.1) is 16.3 Å². The maximum Gasteiger partial charge on any atom is 0.395 e. The maximum atomic E-state index is 11.3. The van der Waals surface area contributed by atoms with Gasteiger partial charge >= 0.3 is 11.5 Å². The predicted octanol–water partition coefficient (Wildman–Crippen LogP) is 0.891. The predicted molar refractivity (Wildman–Crippen MR) is 76.2 cm³/mol. The minimum atomic E-state index is -0.168. The van der Waals surface area contributed by atoms with Crippen LogP contribution in [0.15, 0.2) is 10.5 Å². The summed E-state index contributed by atoms with van der Waals surface area (Å²) in [5.74, 6) is 0.347. The molecular formula is C14H14N3O2S+. The molecule has 0 saturated carbocycles. The van der Waals surface area contributed by atoms with Crippen LogP contribution >= 0.6 is 11.3 Å². The van der Waals surface area contributed by atoms with Gasteiger partial charge in [0.2, 0.25) is 0 Å². The fourth-order valence-electron chi connectivity index (χ4n) is 2.30. The van der Waals surface area contributed by atoms with Gasteiger partial charge in [0.05, 0.1) is 6.92 Å². The molecule has 3 heterocycles. The largest absolute Gasteiger partial charge is 0.395 e. The van der Waals surface area contributed by atoms with E-state index in [0.29, 0.717) is 11.4 Å². The summed E-state index contributed by atoms with van der Waals surface area (Å²) < 4.78 is 6.36.